The normalized spacial score (nSPS) is 11.5. The molecule has 168 valence electrons. The van der Waals surface area contributed by atoms with Gasteiger partial charge in [-0.15, -0.1) is 11.3 Å². The highest BCUT2D eigenvalue weighted by Gasteiger charge is 2.22. The van der Waals surface area contributed by atoms with Gasteiger partial charge in [0.15, 0.2) is 0 Å². The number of hydrazone groups is 1. The van der Waals surface area contributed by atoms with E-state index < -0.39 is 11.8 Å². The van der Waals surface area contributed by atoms with Crippen molar-refractivity contribution in [1.82, 2.24) is 5.01 Å². The number of carbonyl (C=O) groups is 2. The minimum Gasteiger partial charge on any atom is -0.496 e. The summed E-state index contributed by atoms with van der Waals surface area (Å²) in [6.45, 7) is 3.39. The molecule has 1 heterocycles. The summed E-state index contributed by atoms with van der Waals surface area (Å²) in [5.41, 5.74) is 1.46. The number of benzene rings is 2. The fraction of sp³-hybridized carbons (Fsp3) is 0.261. The molecule has 3 aromatic rings. The predicted molar refractivity (Wildman–Crippen MR) is 125 cm³/mol. The third kappa shape index (κ3) is 5.08. The molecule has 9 heteroatoms. The first-order valence-corrected chi connectivity index (χ1v) is 11.0. The van der Waals surface area contributed by atoms with Crippen LogP contribution in [-0.4, -0.2) is 43.4 Å². The predicted octanol–water partition coefficient (Wildman–Crippen LogP) is 5.31. The number of ether oxygens (including phenoxy) is 2. The van der Waals surface area contributed by atoms with Crippen LogP contribution in [0.1, 0.15) is 19.4 Å². The van der Waals surface area contributed by atoms with Crippen molar-refractivity contribution in [3.05, 3.63) is 52.8 Å². The van der Waals surface area contributed by atoms with Crippen LogP contribution in [-0.2, 0) is 20.7 Å². The van der Waals surface area contributed by atoms with Crippen molar-refractivity contribution < 1.29 is 23.5 Å². The lowest BCUT2D eigenvalue weighted by Gasteiger charge is -2.14. The summed E-state index contributed by atoms with van der Waals surface area (Å²) in [6.07, 6.45) is -0.00763. The molecule has 0 N–H and O–H groups in total. The van der Waals surface area contributed by atoms with Gasteiger partial charge >= 0.3 is 5.97 Å². The maximum atomic E-state index is 13.8. The largest absolute Gasteiger partial charge is 0.496 e. The van der Waals surface area contributed by atoms with Crippen molar-refractivity contribution in [1.29, 1.82) is 0 Å². The summed E-state index contributed by atoms with van der Waals surface area (Å²) in [6, 6.07) is 9.72. The lowest BCUT2D eigenvalue weighted by molar-refractivity contribution is -0.135. The second kappa shape index (κ2) is 10.1. The molecular weight excluding hydrogens is 455 g/mol. The van der Waals surface area contributed by atoms with Crippen molar-refractivity contribution in [2.24, 2.45) is 5.10 Å². The van der Waals surface area contributed by atoms with Crippen LogP contribution in [0.3, 0.4) is 0 Å². The Bertz CT molecular complexity index is 1210. The highest BCUT2D eigenvalue weighted by Crippen LogP contribution is 2.43. The minimum atomic E-state index is -0.586. The van der Waals surface area contributed by atoms with E-state index in [1.165, 1.54) is 44.6 Å². The van der Waals surface area contributed by atoms with E-state index in [9.17, 15) is 14.0 Å². The average Bonchev–Trinajstić information content (AvgIpc) is 3.10. The average molecular weight is 477 g/mol. The third-order valence-corrected chi connectivity index (χ3v) is 6.20. The molecule has 0 spiro atoms. The molecule has 0 bridgehead atoms. The van der Waals surface area contributed by atoms with Crippen LogP contribution < -0.4 is 4.74 Å². The van der Waals surface area contributed by atoms with E-state index in [0.29, 0.717) is 16.3 Å². The van der Waals surface area contributed by atoms with Crippen LogP contribution in [0.5, 0.6) is 5.75 Å². The van der Waals surface area contributed by atoms with E-state index in [4.69, 9.17) is 21.1 Å². The lowest BCUT2D eigenvalue weighted by Crippen LogP contribution is -2.26. The van der Waals surface area contributed by atoms with Crippen molar-refractivity contribution >= 4 is 50.6 Å². The van der Waals surface area contributed by atoms with Crippen LogP contribution in [0, 0.1) is 5.82 Å². The van der Waals surface area contributed by atoms with E-state index in [2.05, 4.69) is 5.10 Å². The number of thiophene rings is 1. The Kier molecular flexibility index (Phi) is 7.48. The number of hydrogen-bond acceptors (Lipinski definition) is 6. The molecule has 0 aliphatic carbocycles. The number of amides is 1. The van der Waals surface area contributed by atoms with Crippen LogP contribution in [0.4, 0.5) is 4.39 Å². The number of carbonyl (C=O) groups excluding carboxylic acids is 2. The number of methoxy groups -OCH3 is 1. The van der Waals surface area contributed by atoms with Crippen molar-refractivity contribution in [2.75, 3.05) is 20.8 Å². The lowest BCUT2D eigenvalue weighted by atomic mass is 10.0. The molecule has 2 aromatic carbocycles. The van der Waals surface area contributed by atoms with Gasteiger partial charge in [-0.3, -0.25) is 4.79 Å². The van der Waals surface area contributed by atoms with E-state index in [0.717, 1.165) is 25.5 Å². The Morgan fingerprint density at radius 1 is 1.22 bits per heavy atom. The van der Waals surface area contributed by atoms with Gasteiger partial charge in [0.25, 0.3) is 0 Å². The first-order valence-electron chi connectivity index (χ1n) is 9.78. The van der Waals surface area contributed by atoms with E-state index in [1.807, 2.05) is 6.07 Å². The Morgan fingerprint density at radius 3 is 2.66 bits per heavy atom. The Balaban J connectivity index is 2.05. The zero-order chi connectivity index (χ0) is 23.4. The summed E-state index contributed by atoms with van der Waals surface area (Å²) in [5.74, 6) is -0.982. The number of nitrogens with zero attached hydrogens (tertiary/aromatic N) is 2. The van der Waals surface area contributed by atoms with Gasteiger partial charge < -0.3 is 9.47 Å². The first-order chi connectivity index (χ1) is 15.2. The second-order valence-electron chi connectivity index (χ2n) is 6.89. The molecular formula is C23H22ClFN2O4S. The van der Waals surface area contributed by atoms with E-state index in [-0.39, 0.29) is 24.6 Å². The van der Waals surface area contributed by atoms with E-state index >= 15 is 0 Å². The van der Waals surface area contributed by atoms with Gasteiger partial charge in [-0.2, -0.15) is 5.10 Å². The fourth-order valence-corrected chi connectivity index (χ4v) is 4.59. The summed E-state index contributed by atoms with van der Waals surface area (Å²) in [5, 5.41) is 6.52. The number of hydrogen-bond donors (Lipinski definition) is 0. The van der Waals surface area contributed by atoms with Crippen LogP contribution in [0.15, 0.2) is 41.5 Å². The molecule has 0 fully saturated rings. The zero-order valence-corrected chi connectivity index (χ0v) is 19.6. The molecule has 1 amide bonds. The third-order valence-electron chi connectivity index (χ3n) is 4.72. The van der Waals surface area contributed by atoms with Crippen LogP contribution in [0.2, 0.25) is 5.02 Å². The van der Waals surface area contributed by atoms with Gasteiger partial charge in [0.05, 0.1) is 20.1 Å². The van der Waals surface area contributed by atoms with Crippen LogP contribution in [0.25, 0.3) is 20.5 Å². The molecule has 32 heavy (non-hydrogen) atoms. The maximum Gasteiger partial charge on any atom is 0.354 e. The zero-order valence-electron chi connectivity index (χ0n) is 18.1. The van der Waals surface area contributed by atoms with Gasteiger partial charge in [-0.05, 0) is 55.1 Å². The Labute approximate surface area is 194 Å². The van der Waals surface area contributed by atoms with Gasteiger partial charge in [0, 0.05) is 33.3 Å². The number of fused-ring (bicyclic) bond motifs is 1. The molecule has 0 atom stereocenters. The number of rotatable bonds is 7. The molecule has 0 radical (unpaired) electrons. The summed E-state index contributed by atoms with van der Waals surface area (Å²) in [7, 11) is 2.94. The first kappa shape index (κ1) is 23.7. The molecule has 0 unspecified atom stereocenters. The number of likely N-dealkylation sites (N-methyl/N-ethyl adjacent to an activating group) is 1. The molecule has 6 nitrogen and oxygen atoms in total. The molecule has 0 saturated heterocycles. The summed E-state index contributed by atoms with van der Waals surface area (Å²) < 4.78 is 25.0. The topological polar surface area (TPSA) is 68.2 Å². The summed E-state index contributed by atoms with van der Waals surface area (Å²) >= 11 is 7.68. The fourth-order valence-electron chi connectivity index (χ4n) is 3.19. The van der Waals surface area contributed by atoms with Crippen LogP contribution >= 0.6 is 22.9 Å². The Morgan fingerprint density at radius 2 is 1.97 bits per heavy atom. The molecule has 0 aliphatic heterocycles. The SMILES string of the molecule is CCOC(=O)C(C)=NN(C)C(=O)Cc1c(-c2ccc(F)cc2OC)sc2ccc(Cl)cc12. The van der Waals surface area contributed by atoms with Crippen molar-refractivity contribution in [3.63, 3.8) is 0 Å². The van der Waals surface area contributed by atoms with Crippen molar-refractivity contribution in [2.45, 2.75) is 20.3 Å². The van der Waals surface area contributed by atoms with Gasteiger partial charge in [-0.1, -0.05) is 11.6 Å². The number of esters is 1. The second-order valence-corrected chi connectivity index (χ2v) is 8.38. The van der Waals surface area contributed by atoms with Gasteiger partial charge in [0.2, 0.25) is 5.91 Å². The van der Waals surface area contributed by atoms with E-state index in [1.54, 1.807) is 25.1 Å². The maximum absolute atomic E-state index is 13.8. The highest BCUT2D eigenvalue weighted by atomic mass is 35.5. The molecule has 3 rings (SSSR count). The Hall–Kier alpha value is -2.97. The van der Waals surface area contributed by atoms with Crippen molar-refractivity contribution in [3.8, 4) is 16.2 Å². The van der Waals surface area contributed by atoms with Gasteiger partial charge in [-0.25, -0.2) is 14.2 Å². The smallest absolute Gasteiger partial charge is 0.354 e. The molecule has 1 aromatic heterocycles. The summed E-state index contributed by atoms with van der Waals surface area (Å²) in [4.78, 5) is 25.6. The highest BCUT2D eigenvalue weighted by molar-refractivity contribution is 7.22. The molecule has 0 saturated carbocycles. The van der Waals surface area contributed by atoms with Gasteiger partial charge in [0.1, 0.15) is 17.3 Å². The molecule has 0 aliphatic rings. The quantitative estimate of drug-likeness (QED) is 0.263. The standard InChI is InChI=1S/C23H22ClFN2O4S/c1-5-31-23(29)13(2)26-27(3)21(28)12-18-17-10-14(24)6-9-20(17)32-22(18)16-8-7-15(25)11-19(16)30-4/h6-11H,5,12H2,1-4H3. The number of halogens is 2. The monoisotopic (exact) mass is 476 g/mol. The minimum absolute atomic E-state index is 0.00763.